The Balaban J connectivity index is 1.22. The molecular formula is C56H50N4O10. The number of ether oxygens (including phenoxy) is 5. The van der Waals surface area contributed by atoms with Crippen molar-refractivity contribution in [1.82, 2.24) is 4.90 Å². The molecule has 0 saturated carbocycles. The van der Waals surface area contributed by atoms with Crippen molar-refractivity contribution in [3.63, 3.8) is 0 Å². The van der Waals surface area contributed by atoms with Crippen molar-refractivity contribution < 1.29 is 48.0 Å². The van der Waals surface area contributed by atoms with Gasteiger partial charge in [0.05, 0.1) is 50.6 Å². The summed E-state index contributed by atoms with van der Waals surface area (Å²) in [4.78, 5) is 67.4. The van der Waals surface area contributed by atoms with Crippen LogP contribution in [-0.2, 0) is 38.7 Å². The first-order valence-electron chi connectivity index (χ1n) is 23.1. The molecule has 6 aromatic carbocycles. The molecule has 3 fully saturated rings. The monoisotopic (exact) mass is 938 g/mol. The van der Waals surface area contributed by atoms with Crippen LogP contribution in [0.15, 0.2) is 152 Å². The average Bonchev–Trinajstić information content (AvgIpc) is 3.85. The van der Waals surface area contributed by atoms with Crippen LogP contribution >= 0.6 is 0 Å². The quantitative estimate of drug-likeness (QED) is 0.0785. The molecule has 14 heteroatoms. The topological polar surface area (TPSA) is 156 Å². The Morgan fingerprint density at radius 3 is 2.07 bits per heavy atom. The molecule has 0 bridgehead atoms. The molecule has 4 heterocycles. The Kier molecular flexibility index (Phi) is 12.8. The zero-order chi connectivity index (χ0) is 48.4. The van der Waals surface area contributed by atoms with Crippen molar-refractivity contribution in [2.75, 3.05) is 68.9 Å². The second-order valence-corrected chi connectivity index (χ2v) is 17.5. The molecule has 6 atom stereocenters. The molecule has 10 rings (SSSR count). The van der Waals surface area contributed by atoms with Crippen molar-refractivity contribution in [3.8, 4) is 23.3 Å². The number of nitrogens with one attached hydrogen (secondary N) is 1. The number of morpholine rings is 2. The largest absolute Gasteiger partial charge is 0.508 e. The predicted molar refractivity (Wildman–Crippen MR) is 260 cm³/mol. The maximum atomic E-state index is 16.4. The molecule has 0 radical (unpaired) electrons. The van der Waals surface area contributed by atoms with Gasteiger partial charge in [-0.25, -0.2) is 9.69 Å². The van der Waals surface area contributed by atoms with E-state index >= 15 is 14.4 Å². The number of aromatic hydroxyl groups is 1. The highest BCUT2D eigenvalue weighted by Gasteiger charge is 2.75. The molecule has 6 unspecified atom stereocenters. The van der Waals surface area contributed by atoms with Crippen LogP contribution in [0.1, 0.15) is 51.6 Å². The van der Waals surface area contributed by atoms with Crippen LogP contribution in [0.25, 0.3) is 0 Å². The van der Waals surface area contributed by atoms with Crippen molar-refractivity contribution in [2.45, 2.75) is 29.6 Å². The van der Waals surface area contributed by atoms with Crippen LogP contribution in [-0.4, -0.2) is 93.7 Å². The van der Waals surface area contributed by atoms with Crippen LogP contribution in [0.5, 0.6) is 11.5 Å². The Bertz CT molecular complexity index is 2950. The van der Waals surface area contributed by atoms with Gasteiger partial charge in [-0.05, 0) is 101 Å². The molecule has 3 amide bonds. The van der Waals surface area contributed by atoms with Gasteiger partial charge in [-0.15, -0.1) is 0 Å². The number of carbonyl (C=O) groups excluding carboxylic acids is 4. The number of hydrogen-bond acceptors (Lipinski definition) is 12. The maximum Gasteiger partial charge on any atom is 0.421 e. The SMILES string of the molecule is COCCOC(=O)N1C(=O)C2(c3cc(C#Cc4ccc(OC)cc4)ccc31)C(C(=O)Nc1ccc(N3CCOCC3)cc1)C1C(=O)OC(c3ccccc3)C(c3ccccc3)N1C2c1ccc(O)cc1. The lowest BCUT2D eigenvalue weighted by molar-refractivity contribution is -0.177. The molecule has 2 N–H and O–H groups in total. The molecule has 3 saturated heterocycles. The van der Waals surface area contributed by atoms with E-state index in [4.69, 9.17) is 23.7 Å². The van der Waals surface area contributed by atoms with Crippen LogP contribution in [0.3, 0.4) is 0 Å². The molecule has 0 aromatic heterocycles. The van der Waals surface area contributed by atoms with Gasteiger partial charge in [0, 0.05) is 42.7 Å². The highest BCUT2D eigenvalue weighted by atomic mass is 16.6. The molecule has 4 aliphatic rings. The first kappa shape index (κ1) is 45.8. The van der Waals surface area contributed by atoms with E-state index in [1.165, 1.54) is 19.2 Å². The Morgan fingerprint density at radius 1 is 0.743 bits per heavy atom. The van der Waals surface area contributed by atoms with E-state index in [0.717, 1.165) is 16.2 Å². The van der Waals surface area contributed by atoms with Gasteiger partial charge in [0.1, 0.15) is 35.7 Å². The summed E-state index contributed by atoms with van der Waals surface area (Å²) in [6, 6.07) is 41.5. The number of rotatable bonds is 10. The van der Waals surface area contributed by atoms with Gasteiger partial charge >= 0.3 is 12.1 Å². The summed E-state index contributed by atoms with van der Waals surface area (Å²) in [6.07, 6.45) is -1.92. The summed E-state index contributed by atoms with van der Waals surface area (Å²) in [5.41, 5.74) is 2.79. The molecule has 0 aliphatic carbocycles. The maximum absolute atomic E-state index is 16.4. The van der Waals surface area contributed by atoms with Crippen LogP contribution in [0.4, 0.5) is 21.9 Å². The number of esters is 1. The number of fused-ring (bicyclic) bond motifs is 3. The van der Waals surface area contributed by atoms with Crippen molar-refractivity contribution in [1.29, 1.82) is 0 Å². The zero-order valence-electron chi connectivity index (χ0n) is 38.5. The third-order valence-corrected chi connectivity index (χ3v) is 13.6. The number of nitrogens with zero attached hydrogens (tertiary/aromatic N) is 3. The second kappa shape index (κ2) is 19.6. The fraction of sp³-hybridized carbons (Fsp3) is 0.250. The number of hydrogen-bond donors (Lipinski definition) is 2. The van der Waals surface area contributed by atoms with Gasteiger partial charge in [0.15, 0.2) is 0 Å². The lowest BCUT2D eigenvalue weighted by Gasteiger charge is -2.46. The lowest BCUT2D eigenvalue weighted by Crippen LogP contribution is -2.54. The fourth-order valence-electron chi connectivity index (χ4n) is 10.5. The molecule has 6 aromatic rings. The summed E-state index contributed by atoms with van der Waals surface area (Å²) in [6.45, 7) is 2.48. The Labute approximate surface area is 405 Å². The molecule has 70 heavy (non-hydrogen) atoms. The summed E-state index contributed by atoms with van der Waals surface area (Å²) in [7, 11) is 3.05. The number of imide groups is 1. The summed E-state index contributed by atoms with van der Waals surface area (Å²) < 4.78 is 28.4. The lowest BCUT2D eigenvalue weighted by atomic mass is 9.65. The van der Waals surface area contributed by atoms with E-state index in [1.54, 1.807) is 61.7 Å². The number of benzene rings is 6. The number of amides is 3. The number of phenols is 1. The van der Waals surface area contributed by atoms with E-state index in [0.29, 0.717) is 60.0 Å². The summed E-state index contributed by atoms with van der Waals surface area (Å²) in [5, 5.41) is 13.9. The zero-order valence-corrected chi connectivity index (χ0v) is 38.5. The highest BCUT2D eigenvalue weighted by Crippen LogP contribution is 2.66. The minimum absolute atomic E-state index is 0.0421. The van der Waals surface area contributed by atoms with Crippen molar-refractivity contribution in [3.05, 3.63) is 185 Å². The van der Waals surface area contributed by atoms with E-state index in [1.807, 2.05) is 89.8 Å². The Morgan fingerprint density at radius 2 is 1.40 bits per heavy atom. The Hall–Kier alpha value is -7.96. The van der Waals surface area contributed by atoms with Gasteiger partial charge in [0.2, 0.25) is 11.8 Å². The van der Waals surface area contributed by atoms with Gasteiger partial charge in [-0.1, -0.05) is 84.6 Å². The van der Waals surface area contributed by atoms with Crippen LogP contribution < -0.4 is 19.9 Å². The van der Waals surface area contributed by atoms with Crippen LogP contribution in [0, 0.1) is 17.8 Å². The average molecular weight is 939 g/mol. The molecule has 354 valence electrons. The third-order valence-electron chi connectivity index (χ3n) is 13.6. The number of carbonyl (C=O) groups is 4. The van der Waals surface area contributed by atoms with Crippen molar-refractivity contribution >= 4 is 40.9 Å². The van der Waals surface area contributed by atoms with E-state index in [-0.39, 0.29) is 30.2 Å². The predicted octanol–water partition coefficient (Wildman–Crippen LogP) is 7.72. The number of phenolic OH excluding ortho intramolecular Hbond substituents is 1. The minimum atomic E-state index is -2.06. The van der Waals surface area contributed by atoms with Gasteiger partial charge in [0.25, 0.3) is 0 Å². The summed E-state index contributed by atoms with van der Waals surface area (Å²) in [5.74, 6) is 3.31. The minimum Gasteiger partial charge on any atom is -0.508 e. The van der Waals surface area contributed by atoms with Gasteiger partial charge in [-0.3, -0.25) is 19.3 Å². The molecule has 4 aliphatic heterocycles. The normalized spacial score (nSPS) is 22.6. The second-order valence-electron chi connectivity index (χ2n) is 17.5. The smallest absolute Gasteiger partial charge is 0.421 e. The number of methoxy groups -OCH3 is 2. The first-order chi connectivity index (χ1) is 34.2. The van der Waals surface area contributed by atoms with Crippen LogP contribution in [0.2, 0.25) is 0 Å². The van der Waals surface area contributed by atoms with Gasteiger partial charge in [-0.2, -0.15) is 0 Å². The molecular weight excluding hydrogens is 889 g/mol. The van der Waals surface area contributed by atoms with Gasteiger partial charge < -0.3 is 39.0 Å². The summed E-state index contributed by atoms with van der Waals surface area (Å²) >= 11 is 0. The fourth-order valence-corrected chi connectivity index (χ4v) is 10.5. The number of cyclic esters (lactones) is 1. The first-order valence-corrected chi connectivity index (χ1v) is 23.1. The standard InChI is InChI=1S/C56H50N4O10/c1-66-33-34-69-55(65)59-46-28-17-37(14-13-36-15-26-44(67-2)27-16-36)35-45(46)56(54(59)64)47(52(62)57-41-20-22-42(23-21-41)58-29-31-68-32-30-58)49-53(63)70-50(39-11-7-4-8-12-39)48(38-9-5-3-6-10-38)60(49)51(56)40-18-24-43(61)25-19-40/h3-12,15-28,35,47-51,61H,29-34H2,1-2H3,(H,57,62). The highest BCUT2D eigenvalue weighted by molar-refractivity contribution is 6.24. The van der Waals surface area contributed by atoms with E-state index < -0.39 is 59.4 Å². The third kappa shape index (κ3) is 8.27. The van der Waals surface area contributed by atoms with Crippen molar-refractivity contribution in [2.24, 2.45) is 5.92 Å². The van der Waals surface area contributed by atoms with E-state index in [9.17, 15) is 9.90 Å². The number of anilines is 3. The molecule has 1 spiro atoms. The van der Waals surface area contributed by atoms with E-state index in [2.05, 4.69) is 22.1 Å². The molecule has 14 nitrogen and oxygen atoms in total.